The van der Waals surface area contributed by atoms with Gasteiger partial charge in [0.15, 0.2) is 5.78 Å². The van der Waals surface area contributed by atoms with Gasteiger partial charge in [0, 0.05) is 6.42 Å². The molecule has 3 rings (SSSR count). The van der Waals surface area contributed by atoms with Gasteiger partial charge in [-0.2, -0.15) is 0 Å². The fourth-order valence-corrected chi connectivity index (χ4v) is 3.94. The number of carbonyl (C=O) groups is 1. The number of ether oxygens (including phenoxy) is 1. The van der Waals surface area contributed by atoms with Gasteiger partial charge in [0.05, 0.1) is 7.11 Å². The Balaban J connectivity index is 1.90. The van der Waals surface area contributed by atoms with Gasteiger partial charge in [-0.05, 0) is 66.9 Å². The van der Waals surface area contributed by atoms with Crippen molar-refractivity contribution in [1.82, 2.24) is 0 Å². The van der Waals surface area contributed by atoms with Gasteiger partial charge in [-0.25, -0.2) is 0 Å². The van der Waals surface area contributed by atoms with Crippen molar-refractivity contribution in [2.45, 2.75) is 44.9 Å². The van der Waals surface area contributed by atoms with Crippen LogP contribution in [0.2, 0.25) is 0 Å². The molecule has 112 valence electrons. The van der Waals surface area contributed by atoms with E-state index in [0.717, 1.165) is 35.6 Å². The molecule has 1 atom stereocenters. The molecule has 0 N–H and O–H groups in total. The predicted octanol–water partition coefficient (Wildman–Crippen LogP) is 4.64. The van der Waals surface area contributed by atoms with E-state index in [0.29, 0.717) is 11.7 Å². The minimum absolute atomic E-state index is 0.362. The third-order valence-electron chi connectivity index (χ3n) is 5.03. The van der Waals surface area contributed by atoms with Crippen LogP contribution < -0.4 is 4.74 Å². The molecule has 2 fully saturated rings. The van der Waals surface area contributed by atoms with Crippen LogP contribution in [0.1, 0.15) is 50.5 Å². The monoisotopic (exact) mass is 284 g/mol. The lowest BCUT2D eigenvalue weighted by Crippen LogP contribution is -2.24. The lowest BCUT2D eigenvalue weighted by atomic mass is 9.74. The summed E-state index contributed by atoms with van der Waals surface area (Å²) in [5.74, 6) is 2.43. The van der Waals surface area contributed by atoms with E-state index in [1.807, 2.05) is 18.2 Å². The van der Waals surface area contributed by atoms with E-state index in [4.69, 9.17) is 4.74 Å². The van der Waals surface area contributed by atoms with Gasteiger partial charge in [-0.15, -0.1) is 0 Å². The van der Waals surface area contributed by atoms with Crippen LogP contribution in [0.4, 0.5) is 0 Å². The van der Waals surface area contributed by atoms with E-state index in [2.05, 4.69) is 12.1 Å². The van der Waals surface area contributed by atoms with Gasteiger partial charge in [-0.1, -0.05) is 25.0 Å². The summed E-state index contributed by atoms with van der Waals surface area (Å²) in [6.45, 7) is 0. The molecule has 2 heteroatoms. The average Bonchev–Trinajstić information content (AvgIpc) is 3.04. The normalized spacial score (nSPS) is 25.5. The van der Waals surface area contributed by atoms with E-state index >= 15 is 0 Å². The van der Waals surface area contributed by atoms with Crippen molar-refractivity contribution in [3.63, 3.8) is 0 Å². The Kier molecular flexibility index (Phi) is 4.42. The van der Waals surface area contributed by atoms with E-state index in [1.54, 1.807) is 7.11 Å². The molecule has 0 aromatic heterocycles. The number of allylic oxidation sites excluding steroid dienone is 1. The number of rotatable bonds is 3. The number of hydrogen-bond acceptors (Lipinski definition) is 2. The van der Waals surface area contributed by atoms with Crippen LogP contribution in [0.15, 0.2) is 29.8 Å². The molecular formula is C19H24O2. The standard InChI is InChI=1S/C19H24O2/c1-21-16-9-4-6-14(12-16)13-18-17(10-5-11-19(18)20)15-7-2-3-8-15/h4,6,9,12-13,15,17H,2-3,5,7-8,10-11H2,1H3. The third kappa shape index (κ3) is 3.20. The molecule has 1 aromatic carbocycles. The molecule has 0 spiro atoms. The van der Waals surface area contributed by atoms with Crippen LogP contribution in [-0.4, -0.2) is 12.9 Å². The number of benzene rings is 1. The molecule has 0 aliphatic heterocycles. The van der Waals surface area contributed by atoms with Crippen LogP contribution in [-0.2, 0) is 4.79 Å². The highest BCUT2D eigenvalue weighted by atomic mass is 16.5. The summed E-state index contributed by atoms with van der Waals surface area (Å²) < 4.78 is 5.28. The minimum atomic E-state index is 0.362. The molecule has 0 bridgehead atoms. The summed E-state index contributed by atoms with van der Waals surface area (Å²) in [4.78, 5) is 12.4. The van der Waals surface area contributed by atoms with Crippen molar-refractivity contribution in [2.75, 3.05) is 7.11 Å². The molecule has 0 radical (unpaired) electrons. The average molecular weight is 284 g/mol. The smallest absolute Gasteiger partial charge is 0.159 e. The van der Waals surface area contributed by atoms with Gasteiger partial charge in [-0.3, -0.25) is 4.79 Å². The van der Waals surface area contributed by atoms with Gasteiger partial charge in [0.1, 0.15) is 5.75 Å². The highest BCUT2D eigenvalue weighted by molar-refractivity contribution is 6.00. The Bertz CT molecular complexity index is 538. The molecule has 1 unspecified atom stereocenters. The number of Topliss-reactive ketones (excluding diaryl/α,β-unsaturated/α-hetero) is 1. The molecule has 2 aliphatic rings. The first-order valence-electron chi connectivity index (χ1n) is 8.17. The van der Waals surface area contributed by atoms with Crippen molar-refractivity contribution in [2.24, 2.45) is 11.8 Å². The van der Waals surface area contributed by atoms with Crippen molar-refractivity contribution in [3.05, 3.63) is 35.4 Å². The third-order valence-corrected chi connectivity index (χ3v) is 5.03. The Hall–Kier alpha value is -1.57. The largest absolute Gasteiger partial charge is 0.497 e. The summed E-state index contributed by atoms with van der Waals surface area (Å²) in [5, 5.41) is 0. The molecular weight excluding hydrogens is 260 g/mol. The van der Waals surface area contributed by atoms with Crippen molar-refractivity contribution in [1.29, 1.82) is 0 Å². The number of hydrogen-bond donors (Lipinski definition) is 0. The Morgan fingerprint density at radius 1 is 1.14 bits per heavy atom. The topological polar surface area (TPSA) is 26.3 Å². The SMILES string of the molecule is COc1cccc(C=C2C(=O)CCCC2C2CCCC2)c1. The number of methoxy groups -OCH3 is 1. The fourth-order valence-electron chi connectivity index (χ4n) is 3.94. The highest BCUT2D eigenvalue weighted by Crippen LogP contribution is 2.41. The maximum absolute atomic E-state index is 12.4. The summed E-state index contributed by atoms with van der Waals surface area (Å²) in [5.41, 5.74) is 2.16. The van der Waals surface area contributed by atoms with Crippen LogP contribution in [0, 0.1) is 11.8 Å². The first-order chi connectivity index (χ1) is 10.3. The minimum Gasteiger partial charge on any atom is -0.497 e. The molecule has 0 saturated heterocycles. The second-order valence-corrected chi connectivity index (χ2v) is 6.34. The predicted molar refractivity (Wildman–Crippen MR) is 85.3 cm³/mol. The first-order valence-corrected chi connectivity index (χ1v) is 8.17. The molecule has 2 aliphatic carbocycles. The van der Waals surface area contributed by atoms with Gasteiger partial charge < -0.3 is 4.74 Å². The zero-order valence-electron chi connectivity index (χ0n) is 12.8. The van der Waals surface area contributed by atoms with Gasteiger partial charge >= 0.3 is 0 Å². The Morgan fingerprint density at radius 2 is 1.95 bits per heavy atom. The lowest BCUT2D eigenvalue weighted by molar-refractivity contribution is -0.117. The maximum Gasteiger partial charge on any atom is 0.159 e. The molecule has 0 amide bonds. The molecule has 2 nitrogen and oxygen atoms in total. The zero-order valence-corrected chi connectivity index (χ0v) is 12.8. The van der Waals surface area contributed by atoms with Gasteiger partial charge in [0.2, 0.25) is 0 Å². The van der Waals surface area contributed by atoms with Gasteiger partial charge in [0.25, 0.3) is 0 Å². The molecule has 0 heterocycles. The number of carbonyl (C=O) groups excluding carboxylic acids is 1. The number of ketones is 1. The molecule has 21 heavy (non-hydrogen) atoms. The fraction of sp³-hybridized carbons (Fsp3) is 0.526. The van der Waals surface area contributed by atoms with Crippen LogP contribution in [0.5, 0.6) is 5.75 Å². The van der Waals surface area contributed by atoms with Crippen LogP contribution in [0.25, 0.3) is 6.08 Å². The lowest BCUT2D eigenvalue weighted by Gasteiger charge is -2.29. The summed E-state index contributed by atoms with van der Waals surface area (Å²) >= 11 is 0. The zero-order chi connectivity index (χ0) is 14.7. The van der Waals surface area contributed by atoms with E-state index in [1.165, 1.54) is 32.1 Å². The van der Waals surface area contributed by atoms with E-state index in [9.17, 15) is 4.79 Å². The quantitative estimate of drug-likeness (QED) is 0.756. The van der Waals surface area contributed by atoms with E-state index < -0.39 is 0 Å². The van der Waals surface area contributed by atoms with Crippen molar-refractivity contribution >= 4 is 11.9 Å². The molecule has 1 aromatic rings. The second-order valence-electron chi connectivity index (χ2n) is 6.34. The maximum atomic E-state index is 12.4. The first kappa shape index (κ1) is 14.4. The van der Waals surface area contributed by atoms with E-state index in [-0.39, 0.29) is 0 Å². The Morgan fingerprint density at radius 3 is 2.71 bits per heavy atom. The Labute approximate surface area is 127 Å². The summed E-state index contributed by atoms with van der Waals surface area (Å²) in [7, 11) is 1.68. The molecule has 2 saturated carbocycles. The summed E-state index contributed by atoms with van der Waals surface area (Å²) in [6.07, 6.45) is 10.4. The second kappa shape index (κ2) is 6.46. The van der Waals surface area contributed by atoms with Crippen LogP contribution >= 0.6 is 0 Å². The summed E-state index contributed by atoms with van der Waals surface area (Å²) in [6, 6.07) is 8.01. The highest BCUT2D eigenvalue weighted by Gasteiger charge is 2.33. The van der Waals surface area contributed by atoms with Crippen molar-refractivity contribution in [3.8, 4) is 5.75 Å². The van der Waals surface area contributed by atoms with Crippen molar-refractivity contribution < 1.29 is 9.53 Å². The van der Waals surface area contributed by atoms with Crippen LogP contribution in [0.3, 0.4) is 0 Å².